The fourth-order valence-electron chi connectivity index (χ4n) is 3.61. The number of hydrogen-bond donors (Lipinski definition) is 1. The van der Waals surface area contributed by atoms with Crippen LogP contribution in [-0.4, -0.2) is 42.8 Å². The number of urea groups is 1. The SMILES string of the molecule is O=C(NC1CCOC1)N1CCCC2CCCC21. The minimum Gasteiger partial charge on any atom is -0.379 e. The van der Waals surface area contributed by atoms with Crippen molar-refractivity contribution in [3.8, 4) is 0 Å². The highest BCUT2D eigenvalue weighted by Crippen LogP contribution is 2.36. The van der Waals surface area contributed by atoms with Gasteiger partial charge in [0.2, 0.25) is 0 Å². The minimum absolute atomic E-state index is 0.150. The molecule has 1 saturated carbocycles. The van der Waals surface area contributed by atoms with Gasteiger partial charge in [-0.05, 0) is 38.0 Å². The van der Waals surface area contributed by atoms with Crippen LogP contribution in [0.15, 0.2) is 0 Å². The summed E-state index contributed by atoms with van der Waals surface area (Å²) in [6, 6.07) is 0.910. The van der Waals surface area contributed by atoms with Crippen LogP contribution in [0.25, 0.3) is 0 Å². The molecule has 17 heavy (non-hydrogen) atoms. The van der Waals surface area contributed by atoms with E-state index in [1.165, 1.54) is 32.1 Å². The Morgan fingerprint density at radius 3 is 2.88 bits per heavy atom. The molecule has 4 nitrogen and oxygen atoms in total. The molecule has 96 valence electrons. The Balaban J connectivity index is 1.59. The minimum atomic E-state index is 0.150. The Morgan fingerprint density at radius 1 is 1.18 bits per heavy atom. The van der Waals surface area contributed by atoms with E-state index in [4.69, 9.17) is 4.74 Å². The fourth-order valence-corrected chi connectivity index (χ4v) is 3.61. The molecule has 0 radical (unpaired) electrons. The summed E-state index contributed by atoms with van der Waals surface area (Å²) >= 11 is 0. The molecule has 2 saturated heterocycles. The smallest absolute Gasteiger partial charge is 0.317 e. The molecule has 0 aromatic carbocycles. The number of rotatable bonds is 1. The number of likely N-dealkylation sites (tertiary alicyclic amines) is 1. The fraction of sp³-hybridized carbons (Fsp3) is 0.923. The highest BCUT2D eigenvalue weighted by atomic mass is 16.5. The van der Waals surface area contributed by atoms with Gasteiger partial charge in [0.05, 0.1) is 12.6 Å². The van der Waals surface area contributed by atoms with Crippen molar-refractivity contribution in [1.82, 2.24) is 10.2 Å². The van der Waals surface area contributed by atoms with E-state index in [9.17, 15) is 4.79 Å². The van der Waals surface area contributed by atoms with Crippen LogP contribution < -0.4 is 5.32 Å². The normalized spacial score (nSPS) is 36.9. The Morgan fingerprint density at radius 2 is 2.06 bits per heavy atom. The summed E-state index contributed by atoms with van der Waals surface area (Å²) in [4.78, 5) is 14.4. The topological polar surface area (TPSA) is 41.6 Å². The quantitative estimate of drug-likeness (QED) is 0.756. The van der Waals surface area contributed by atoms with Crippen LogP contribution in [0.2, 0.25) is 0 Å². The third-order valence-corrected chi connectivity index (χ3v) is 4.51. The lowest BCUT2D eigenvalue weighted by molar-refractivity contribution is 0.124. The van der Waals surface area contributed by atoms with Crippen LogP contribution in [-0.2, 0) is 4.74 Å². The number of piperidine rings is 1. The van der Waals surface area contributed by atoms with Gasteiger partial charge >= 0.3 is 6.03 Å². The first-order valence-electron chi connectivity index (χ1n) is 6.99. The summed E-state index contributed by atoms with van der Waals surface area (Å²) < 4.78 is 5.30. The lowest BCUT2D eigenvalue weighted by Gasteiger charge is -2.38. The molecule has 2 aliphatic heterocycles. The molecule has 0 aromatic rings. The van der Waals surface area contributed by atoms with E-state index >= 15 is 0 Å². The average molecular weight is 238 g/mol. The number of carbonyl (C=O) groups is 1. The molecule has 0 bridgehead atoms. The highest BCUT2D eigenvalue weighted by molar-refractivity contribution is 5.75. The van der Waals surface area contributed by atoms with Gasteiger partial charge in [0.15, 0.2) is 0 Å². The largest absolute Gasteiger partial charge is 0.379 e. The zero-order valence-corrected chi connectivity index (χ0v) is 10.4. The van der Waals surface area contributed by atoms with E-state index in [1.54, 1.807) is 0 Å². The van der Waals surface area contributed by atoms with Crippen LogP contribution in [0.3, 0.4) is 0 Å². The van der Waals surface area contributed by atoms with Crippen LogP contribution in [0, 0.1) is 5.92 Å². The molecule has 3 rings (SSSR count). The van der Waals surface area contributed by atoms with E-state index in [2.05, 4.69) is 10.2 Å². The highest BCUT2D eigenvalue weighted by Gasteiger charge is 2.37. The van der Waals surface area contributed by atoms with Crippen LogP contribution in [0.1, 0.15) is 38.5 Å². The summed E-state index contributed by atoms with van der Waals surface area (Å²) in [5.74, 6) is 0.773. The van der Waals surface area contributed by atoms with Gasteiger partial charge < -0.3 is 15.0 Å². The zero-order valence-electron chi connectivity index (χ0n) is 10.4. The third kappa shape index (κ3) is 2.28. The number of nitrogens with one attached hydrogen (secondary N) is 1. The van der Waals surface area contributed by atoms with Crippen molar-refractivity contribution in [3.05, 3.63) is 0 Å². The summed E-state index contributed by atoms with van der Waals surface area (Å²) in [7, 11) is 0. The second kappa shape index (κ2) is 4.84. The van der Waals surface area contributed by atoms with Gasteiger partial charge in [-0.2, -0.15) is 0 Å². The predicted molar refractivity (Wildman–Crippen MR) is 64.8 cm³/mol. The van der Waals surface area contributed by atoms with Crippen molar-refractivity contribution < 1.29 is 9.53 Å². The van der Waals surface area contributed by atoms with E-state index in [1.807, 2.05) is 0 Å². The van der Waals surface area contributed by atoms with E-state index in [0.717, 1.165) is 25.5 Å². The molecule has 2 heterocycles. The number of hydrogen-bond acceptors (Lipinski definition) is 2. The average Bonchev–Trinajstić information content (AvgIpc) is 2.97. The molecule has 0 aromatic heterocycles. The van der Waals surface area contributed by atoms with Crippen molar-refractivity contribution in [2.75, 3.05) is 19.8 Å². The van der Waals surface area contributed by atoms with Gasteiger partial charge in [0.25, 0.3) is 0 Å². The Bertz CT molecular complexity index is 289. The second-order valence-electron chi connectivity index (χ2n) is 5.60. The summed E-state index contributed by atoms with van der Waals surface area (Å²) in [6.45, 7) is 2.42. The Hall–Kier alpha value is -0.770. The molecule has 1 N–H and O–H groups in total. The molecular formula is C13H22N2O2. The van der Waals surface area contributed by atoms with Gasteiger partial charge in [-0.1, -0.05) is 6.42 Å². The molecule has 0 spiro atoms. The van der Waals surface area contributed by atoms with Crippen LogP contribution >= 0.6 is 0 Å². The van der Waals surface area contributed by atoms with Gasteiger partial charge in [-0.15, -0.1) is 0 Å². The summed E-state index contributed by atoms with van der Waals surface area (Å²) in [5, 5.41) is 3.12. The monoisotopic (exact) mass is 238 g/mol. The number of fused-ring (bicyclic) bond motifs is 1. The number of nitrogens with zero attached hydrogens (tertiary/aromatic N) is 1. The maximum atomic E-state index is 12.3. The summed E-state index contributed by atoms with van der Waals surface area (Å²) in [5.41, 5.74) is 0. The summed E-state index contributed by atoms with van der Waals surface area (Å²) in [6.07, 6.45) is 7.29. The number of ether oxygens (including phenoxy) is 1. The maximum Gasteiger partial charge on any atom is 0.317 e. The van der Waals surface area contributed by atoms with E-state index in [0.29, 0.717) is 12.6 Å². The van der Waals surface area contributed by atoms with Crippen molar-refractivity contribution in [1.29, 1.82) is 0 Å². The Kier molecular flexibility index (Phi) is 3.23. The second-order valence-corrected chi connectivity index (χ2v) is 5.60. The maximum absolute atomic E-state index is 12.3. The number of amides is 2. The molecule has 2 amide bonds. The predicted octanol–water partition coefficient (Wildman–Crippen LogP) is 1.75. The van der Waals surface area contributed by atoms with Crippen LogP contribution in [0.4, 0.5) is 4.79 Å². The van der Waals surface area contributed by atoms with E-state index < -0.39 is 0 Å². The first kappa shape index (κ1) is 11.3. The Labute approximate surface area is 103 Å². The van der Waals surface area contributed by atoms with E-state index in [-0.39, 0.29) is 12.1 Å². The molecule has 3 fully saturated rings. The van der Waals surface area contributed by atoms with Crippen molar-refractivity contribution in [3.63, 3.8) is 0 Å². The lowest BCUT2D eigenvalue weighted by atomic mass is 9.92. The standard InChI is InChI=1S/C13H22N2O2/c16-13(14-11-6-8-17-9-11)15-7-2-4-10-3-1-5-12(10)15/h10-12H,1-9H2,(H,14,16). The van der Waals surface area contributed by atoms with Crippen LogP contribution in [0.5, 0.6) is 0 Å². The van der Waals surface area contributed by atoms with Crippen molar-refractivity contribution in [2.24, 2.45) is 5.92 Å². The van der Waals surface area contributed by atoms with Gasteiger partial charge in [-0.25, -0.2) is 4.79 Å². The first-order chi connectivity index (χ1) is 8.34. The lowest BCUT2D eigenvalue weighted by Crippen LogP contribution is -2.52. The van der Waals surface area contributed by atoms with Gasteiger partial charge in [0.1, 0.15) is 0 Å². The van der Waals surface area contributed by atoms with Gasteiger partial charge in [0, 0.05) is 19.2 Å². The van der Waals surface area contributed by atoms with Crippen molar-refractivity contribution >= 4 is 6.03 Å². The molecule has 1 aliphatic carbocycles. The zero-order chi connectivity index (χ0) is 11.7. The molecule has 3 aliphatic rings. The molecular weight excluding hydrogens is 216 g/mol. The van der Waals surface area contributed by atoms with Gasteiger partial charge in [-0.3, -0.25) is 0 Å². The first-order valence-corrected chi connectivity index (χ1v) is 6.99. The molecule has 3 atom stereocenters. The molecule has 4 heteroatoms. The van der Waals surface area contributed by atoms with Crippen molar-refractivity contribution in [2.45, 2.75) is 50.6 Å². The number of carbonyl (C=O) groups excluding carboxylic acids is 1. The molecule has 3 unspecified atom stereocenters. The third-order valence-electron chi connectivity index (χ3n) is 4.51.